The fourth-order valence-corrected chi connectivity index (χ4v) is 4.65. The summed E-state index contributed by atoms with van der Waals surface area (Å²) < 4.78 is 6.27. The lowest BCUT2D eigenvalue weighted by atomic mass is 10.2. The van der Waals surface area contributed by atoms with Crippen molar-refractivity contribution in [3.63, 3.8) is 0 Å². The summed E-state index contributed by atoms with van der Waals surface area (Å²) in [7, 11) is -1.53. The molecule has 0 saturated carbocycles. The molecule has 0 spiro atoms. The highest BCUT2D eigenvalue weighted by Crippen LogP contribution is 2.24. The van der Waals surface area contributed by atoms with Crippen molar-refractivity contribution >= 4 is 8.32 Å². The third-order valence-electron chi connectivity index (χ3n) is 3.24. The molecule has 1 N–H and O–H groups in total. The second kappa shape index (κ2) is 8.73. The molecule has 0 aromatic carbocycles. The molecule has 0 bridgehead atoms. The molecule has 2 nitrogen and oxygen atoms in total. The molecule has 0 fully saturated rings. The number of hydrogen-bond donors (Lipinski definition) is 1. The van der Waals surface area contributed by atoms with Gasteiger partial charge in [0.05, 0.1) is 12.7 Å². The van der Waals surface area contributed by atoms with Gasteiger partial charge < -0.3 is 9.53 Å². The first-order chi connectivity index (χ1) is 7.67. The Morgan fingerprint density at radius 2 is 1.75 bits per heavy atom. The highest BCUT2D eigenvalue weighted by Gasteiger charge is 2.30. The molecule has 0 rings (SSSR count). The van der Waals surface area contributed by atoms with Gasteiger partial charge in [-0.2, -0.15) is 0 Å². The zero-order chi connectivity index (χ0) is 12.4. The summed E-state index contributed by atoms with van der Waals surface area (Å²) in [4.78, 5) is 0. The van der Waals surface area contributed by atoms with E-state index in [4.69, 9.17) is 9.53 Å². The topological polar surface area (TPSA) is 29.5 Å². The number of rotatable bonds is 9. The van der Waals surface area contributed by atoms with Crippen LogP contribution in [0.2, 0.25) is 18.1 Å². The van der Waals surface area contributed by atoms with Crippen molar-refractivity contribution in [1.82, 2.24) is 0 Å². The van der Waals surface area contributed by atoms with E-state index in [0.29, 0.717) is 0 Å². The highest BCUT2D eigenvalue weighted by atomic mass is 28.4. The monoisotopic (exact) mass is 242 g/mol. The van der Waals surface area contributed by atoms with Crippen molar-refractivity contribution < 1.29 is 9.53 Å². The first kappa shape index (κ1) is 15.6. The van der Waals surface area contributed by atoms with Crippen LogP contribution in [-0.4, -0.2) is 26.1 Å². The van der Waals surface area contributed by atoms with Crippen molar-refractivity contribution in [2.75, 3.05) is 6.61 Å². The van der Waals surface area contributed by atoms with E-state index in [-0.39, 0.29) is 12.7 Å². The lowest BCUT2D eigenvalue weighted by molar-refractivity contribution is 0.236. The lowest BCUT2D eigenvalue weighted by Gasteiger charge is -2.31. The Bertz CT molecular complexity index is 202. The summed E-state index contributed by atoms with van der Waals surface area (Å²) in [5, 5.41) is 8.68. The fraction of sp³-hybridized carbons (Fsp3) is 0.692. The zero-order valence-electron chi connectivity index (χ0n) is 10.9. The molecule has 0 aliphatic heterocycles. The smallest absolute Gasteiger partial charge is 0.192 e. The first-order valence-electron chi connectivity index (χ1n) is 6.24. The Morgan fingerprint density at radius 1 is 1.19 bits per heavy atom. The van der Waals surface area contributed by atoms with Gasteiger partial charge in [0.25, 0.3) is 0 Å². The average molecular weight is 242 g/mol. The summed E-state index contributed by atoms with van der Waals surface area (Å²) in [5.41, 5.74) is 0. The third kappa shape index (κ3) is 5.10. The van der Waals surface area contributed by atoms with Crippen LogP contribution in [0.4, 0.5) is 0 Å². The summed E-state index contributed by atoms with van der Waals surface area (Å²) in [5.74, 6) is 0. The van der Waals surface area contributed by atoms with Crippen molar-refractivity contribution in [2.24, 2.45) is 0 Å². The molecule has 0 heterocycles. The van der Waals surface area contributed by atoms with Gasteiger partial charge in [-0.15, -0.1) is 6.58 Å². The Labute approximate surface area is 101 Å². The van der Waals surface area contributed by atoms with Crippen LogP contribution in [0.1, 0.15) is 27.2 Å². The minimum atomic E-state index is -1.53. The maximum absolute atomic E-state index is 8.68. The fourth-order valence-electron chi connectivity index (χ4n) is 1.82. The van der Waals surface area contributed by atoms with E-state index in [9.17, 15) is 0 Å². The maximum atomic E-state index is 8.68. The molecule has 0 amide bonds. The van der Waals surface area contributed by atoms with E-state index in [0.717, 1.165) is 24.6 Å². The predicted molar refractivity (Wildman–Crippen MR) is 73.1 cm³/mol. The molecule has 3 heteroatoms. The second-order valence-electron chi connectivity index (χ2n) is 4.03. The van der Waals surface area contributed by atoms with Gasteiger partial charge in [0, 0.05) is 0 Å². The van der Waals surface area contributed by atoms with Gasteiger partial charge in [-0.1, -0.05) is 39.0 Å². The second-order valence-corrected chi connectivity index (χ2v) is 8.75. The standard InChI is InChI=1S/C13H26O2Si/c1-5-13(11-9-10-12-14)15-16(6-2,7-3)8-4/h5,9-10,13-14H,1,6-8,11-12H2,2-4H3. The van der Waals surface area contributed by atoms with E-state index in [1.807, 2.05) is 12.2 Å². The number of aliphatic hydroxyl groups excluding tert-OH is 1. The Balaban J connectivity index is 4.37. The molecule has 0 aliphatic carbocycles. The van der Waals surface area contributed by atoms with Gasteiger partial charge in [-0.3, -0.25) is 0 Å². The molecule has 0 aliphatic rings. The van der Waals surface area contributed by atoms with Gasteiger partial charge in [-0.05, 0) is 24.6 Å². The molecule has 0 radical (unpaired) electrons. The van der Waals surface area contributed by atoms with Gasteiger partial charge in [-0.25, -0.2) is 0 Å². The minimum Gasteiger partial charge on any atom is -0.410 e. The van der Waals surface area contributed by atoms with E-state index < -0.39 is 8.32 Å². The van der Waals surface area contributed by atoms with Crippen LogP contribution >= 0.6 is 0 Å². The summed E-state index contributed by atoms with van der Waals surface area (Å²) in [6, 6.07) is 3.48. The van der Waals surface area contributed by atoms with Crippen LogP contribution in [0.5, 0.6) is 0 Å². The SMILES string of the molecule is C=CC(CC=CCO)O[Si](CC)(CC)CC. The Morgan fingerprint density at radius 3 is 2.12 bits per heavy atom. The normalized spacial score (nSPS) is 14.2. The van der Waals surface area contributed by atoms with Crippen molar-refractivity contribution in [3.05, 3.63) is 24.8 Å². The minimum absolute atomic E-state index is 0.0990. The van der Waals surface area contributed by atoms with Gasteiger partial charge in [0.15, 0.2) is 8.32 Å². The van der Waals surface area contributed by atoms with Crippen molar-refractivity contribution in [3.8, 4) is 0 Å². The number of hydrogen-bond acceptors (Lipinski definition) is 2. The number of aliphatic hydroxyl groups is 1. The van der Waals surface area contributed by atoms with E-state index >= 15 is 0 Å². The molecule has 0 aromatic rings. The van der Waals surface area contributed by atoms with Gasteiger partial charge in [0.1, 0.15) is 0 Å². The molecule has 0 saturated heterocycles. The quantitative estimate of drug-likeness (QED) is 0.495. The molecular weight excluding hydrogens is 216 g/mol. The predicted octanol–water partition coefficient (Wildman–Crippen LogP) is 3.50. The molecule has 0 aromatic heterocycles. The first-order valence-corrected chi connectivity index (χ1v) is 8.77. The van der Waals surface area contributed by atoms with Crippen LogP contribution in [0, 0.1) is 0 Å². The molecule has 94 valence electrons. The van der Waals surface area contributed by atoms with Crippen LogP contribution in [0.15, 0.2) is 24.8 Å². The Hall–Kier alpha value is -0.383. The van der Waals surface area contributed by atoms with E-state index in [2.05, 4.69) is 27.4 Å². The summed E-state index contributed by atoms with van der Waals surface area (Å²) >= 11 is 0. The van der Waals surface area contributed by atoms with E-state index in [1.54, 1.807) is 6.08 Å². The maximum Gasteiger partial charge on any atom is 0.192 e. The molecule has 1 unspecified atom stereocenters. The summed E-state index contributed by atoms with van der Waals surface area (Å²) in [6.07, 6.45) is 6.53. The van der Waals surface area contributed by atoms with E-state index in [1.165, 1.54) is 0 Å². The lowest BCUT2D eigenvalue weighted by Crippen LogP contribution is -2.39. The average Bonchev–Trinajstić information content (AvgIpc) is 2.34. The van der Waals surface area contributed by atoms with Crippen molar-refractivity contribution in [2.45, 2.75) is 51.4 Å². The van der Waals surface area contributed by atoms with Crippen LogP contribution in [0.25, 0.3) is 0 Å². The molecule has 1 atom stereocenters. The molecule has 16 heavy (non-hydrogen) atoms. The van der Waals surface area contributed by atoms with Crippen LogP contribution in [-0.2, 0) is 4.43 Å². The third-order valence-corrected chi connectivity index (χ3v) is 7.91. The van der Waals surface area contributed by atoms with Crippen LogP contribution in [0.3, 0.4) is 0 Å². The van der Waals surface area contributed by atoms with Gasteiger partial charge >= 0.3 is 0 Å². The van der Waals surface area contributed by atoms with Crippen molar-refractivity contribution in [1.29, 1.82) is 0 Å². The Kier molecular flexibility index (Phi) is 8.52. The largest absolute Gasteiger partial charge is 0.410 e. The molecular formula is C13H26O2Si. The van der Waals surface area contributed by atoms with Gasteiger partial charge in [0.2, 0.25) is 0 Å². The highest BCUT2D eigenvalue weighted by molar-refractivity contribution is 6.73. The van der Waals surface area contributed by atoms with Crippen LogP contribution < -0.4 is 0 Å². The summed E-state index contributed by atoms with van der Waals surface area (Å²) in [6.45, 7) is 10.6. The zero-order valence-corrected chi connectivity index (χ0v) is 11.9.